The van der Waals surface area contributed by atoms with Gasteiger partial charge in [0.05, 0.1) is 6.04 Å². The van der Waals surface area contributed by atoms with Crippen molar-refractivity contribution in [1.82, 2.24) is 15.5 Å². The Balaban J connectivity index is 2.19. The fourth-order valence-electron chi connectivity index (χ4n) is 2.82. The molecule has 1 saturated heterocycles. The monoisotopic (exact) mass is 283 g/mol. The van der Waals surface area contributed by atoms with Crippen LogP contribution in [0.25, 0.3) is 0 Å². The Morgan fingerprint density at radius 2 is 1.90 bits per heavy atom. The number of hydrogen-bond donors (Lipinski definition) is 2. The number of hydrogen-bond acceptors (Lipinski definition) is 3. The molecule has 0 bridgehead atoms. The summed E-state index contributed by atoms with van der Waals surface area (Å²) in [5, 5.41) is 6.48. The molecule has 118 valence electrons. The van der Waals surface area contributed by atoms with E-state index in [4.69, 9.17) is 0 Å². The topological polar surface area (TPSA) is 44.4 Å². The Morgan fingerprint density at radius 3 is 2.45 bits per heavy atom. The summed E-state index contributed by atoms with van der Waals surface area (Å²) >= 11 is 0. The highest BCUT2D eigenvalue weighted by Crippen LogP contribution is 2.15. The van der Waals surface area contributed by atoms with Crippen LogP contribution in [0.5, 0.6) is 0 Å². The van der Waals surface area contributed by atoms with Gasteiger partial charge in [0.2, 0.25) is 5.91 Å². The summed E-state index contributed by atoms with van der Waals surface area (Å²) in [6.07, 6.45) is 4.66. The van der Waals surface area contributed by atoms with E-state index in [9.17, 15) is 4.79 Å². The van der Waals surface area contributed by atoms with E-state index in [0.29, 0.717) is 0 Å². The molecule has 2 N–H and O–H groups in total. The van der Waals surface area contributed by atoms with Crippen LogP contribution in [0, 0.1) is 5.92 Å². The van der Waals surface area contributed by atoms with Gasteiger partial charge in [-0.3, -0.25) is 4.79 Å². The van der Waals surface area contributed by atoms with Crippen LogP contribution in [0.4, 0.5) is 0 Å². The second kappa shape index (κ2) is 9.35. The molecule has 4 nitrogen and oxygen atoms in total. The molecule has 0 aromatic heterocycles. The Morgan fingerprint density at radius 1 is 1.25 bits per heavy atom. The zero-order valence-corrected chi connectivity index (χ0v) is 13.7. The minimum absolute atomic E-state index is 0.0847. The van der Waals surface area contributed by atoms with Gasteiger partial charge in [0.15, 0.2) is 0 Å². The molecule has 1 fully saturated rings. The Bertz CT molecular complexity index is 275. The van der Waals surface area contributed by atoms with Crippen LogP contribution < -0.4 is 10.6 Å². The third-order valence-corrected chi connectivity index (χ3v) is 4.37. The number of likely N-dealkylation sites (tertiary alicyclic amines) is 1. The Labute approximate surface area is 124 Å². The number of nitrogens with one attached hydrogen (secondary N) is 2. The summed E-state index contributed by atoms with van der Waals surface area (Å²) in [4.78, 5) is 14.5. The summed E-state index contributed by atoms with van der Waals surface area (Å²) in [6, 6.07) is 0.197. The molecular formula is C16H33N3O. The van der Waals surface area contributed by atoms with Gasteiger partial charge in [0.25, 0.3) is 0 Å². The van der Waals surface area contributed by atoms with Gasteiger partial charge in [-0.1, -0.05) is 20.3 Å². The van der Waals surface area contributed by atoms with E-state index in [0.717, 1.165) is 31.8 Å². The first kappa shape index (κ1) is 17.4. The van der Waals surface area contributed by atoms with Gasteiger partial charge in [-0.05, 0) is 65.2 Å². The molecule has 0 saturated carbocycles. The zero-order valence-electron chi connectivity index (χ0n) is 13.7. The van der Waals surface area contributed by atoms with Crippen LogP contribution >= 0.6 is 0 Å². The van der Waals surface area contributed by atoms with Gasteiger partial charge < -0.3 is 15.5 Å². The standard InChI is InChI=1S/C16H33N3O/c1-5-7-13(3)18-16(20)14(4)17-12-15-8-10-19(6-2)11-9-15/h13-15,17H,5-12H2,1-4H3,(H,18,20). The Kier molecular flexibility index (Phi) is 8.15. The molecule has 1 rings (SSSR count). The quantitative estimate of drug-likeness (QED) is 0.716. The van der Waals surface area contributed by atoms with E-state index in [1.165, 1.54) is 25.9 Å². The molecule has 1 amide bonds. The lowest BCUT2D eigenvalue weighted by Gasteiger charge is -2.31. The van der Waals surface area contributed by atoms with E-state index >= 15 is 0 Å². The minimum atomic E-state index is -0.0847. The second-order valence-corrected chi connectivity index (χ2v) is 6.21. The molecule has 0 aromatic carbocycles. The Hall–Kier alpha value is -0.610. The molecule has 1 heterocycles. The first-order valence-electron chi connectivity index (χ1n) is 8.32. The maximum atomic E-state index is 12.0. The van der Waals surface area contributed by atoms with Gasteiger partial charge in [0.1, 0.15) is 0 Å². The summed E-state index contributed by atoms with van der Waals surface area (Å²) in [7, 11) is 0. The normalized spacial score (nSPS) is 20.6. The van der Waals surface area contributed by atoms with Crippen molar-refractivity contribution >= 4 is 5.91 Å². The second-order valence-electron chi connectivity index (χ2n) is 6.21. The molecule has 1 aliphatic rings. The average Bonchev–Trinajstić information content (AvgIpc) is 2.45. The number of rotatable bonds is 8. The summed E-state index contributed by atoms with van der Waals surface area (Å²) in [6.45, 7) is 13.0. The maximum absolute atomic E-state index is 12.0. The number of carbonyl (C=O) groups is 1. The van der Waals surface area contributed by atoms with Gasteiger partial charge in [-0.25, -0.2) is 0 Å². The molecule has 0 aromatic rings. The van der Waals surface area contributed by atoms with Gasteiger partial charge in [0, 0.05) is 6.04 Å². The summed E-state index contributed by atoms with van der Waals surface area (Å²) < 4.78 is 0. The van der Waals surface area contributed by atoms with Crippen LogP contribution in [0.3, 0.4) is 0 Å². The van der Waals surface area contributed by atoms with E-state index in [1.807, 2.05) is 6.92 Å². The predicted octanol–water partition coefficient (Wildman–Crippen LogP) is 2.00. The summed E-state index contributed by atoms with van der Waals surface area (Å²) in [5.74, 6) is 0.859. The van der Waals surface area contributed by atoms with Gasteiger partial charge in [-0.15, -0.1) is 0 Å². The highest BCUT2D eigenvalue weighted by Gasteiger charge is 2.20. The zero-order chi connectivity index (χ0) is 15.0. The first-order chi connectivity index (χ1) is 9.56. The van der Waals surface area contributed by atoms with Crippen LogP contribution in [0.15, 0.2) is 0 Å². The fraction of sp³-hybridized carbons (Fsp3) is 0.938. The van der Waals surface area contributed by atoms with Crippen molar-refractivity contribution in [2.75, 3.05) is 26.2 Å². The van der Waals surface area contributed by atoms with E-state index in [-0.39, 0.29) is 18.0 Å². The SMILES string of the molecule is CCCC(C)NC(=O)C(C)NCC1CCN(CC)CC1. The molecule has 0 radical (unpaired) electrons. The van der Waals surface area contributed by atoms with Crippen molar-refractivity contribution in [3.8, 4) is 0 Å². The highest BCUT2D eigenvalue weighted by molar-refractivity contribution is 5.81. The van der Waals surface area contributed by atoms with Crippen LogP contribution in [0.2, 0.25) is 0 Å². The van der Waals surface area contributed by atoms with Crippen molar-refractivity contribution in [3.05, 3.63) is 0 Å². The van der Waals surface area contributed by atoms with Crippen molar-refractivity contribution < 1.29 is 4.79 Å². The molecule has 2 atom stereocenters. The lowest BCUT2D eigenvalue weighted by molar-refractivity contribution is -0.123. The predicted molar refractivity (Wildman–Crippen MR) is 84.8 cm³/mol. The van der Waals surface area contributed by atoms with Crippen molar-refractivity contribution in [1.29, 1.82) is 0 Å². The van der Waals surface area contributed by atoms with Crippen molar-refractivity contribution in [2.24, 2.45) is 5.92 Å². The molecule has 20 heavy (non-hydrogen) atoms. The number of carbonyl (C=O) groups excluding carboxylic acids is 1. The van der Waals surface area contributed by atoms with Crippen molar-refractivity contribution in [2.45, 2.75) is 65.5 Å². The minimum Gasteiger partial charge on any atom is -0.352 e. The van der Waals surface area contributed by atoms with Gasteiger partial charge >= 0.3 is 0 Å². The average molecular weight is 283 g/mol. The number of nitrogens with zero attached hydrogens (tertiary/aromatic N) is 1. The summed E-state index contributed by atoms with van der Waals surface area (Å²) in [5.41, 5.74) is 0. The smallest absolute Gasteiger partial charge is 0.237 e. The number of piperidine rings is 1. The maximum Gasteiger partial charge on any atom is 0.237 e. The van der Waals surface area contributed by atoms with E-state index in [1.54, 1.807) is 0 Å². The number of amides is 1. The lowest BCUT2D eigenvalue weighted by Crippen LogP contribution is -2.47. The van der Waals surface area contributed by atoms with E-state index < -0.39 is 0 Å². The molecular weight excluding hydrogens is 250 g/mol. The molecule has 0 spiro atoms. The van der Waals surface area contributed by atoms with Gasteiger partial charge in [-0.2, -0.15) is 0 Å². The molecule has 4 heteroatoms. The third-order valence-electron chi connectivity index (χ3n) is 4.37. The first-order valence-corrected chi connectivity index (χ1v) is 8.32. The van der Waals surface area contributed by atoms with Crippen LogP contribution in [-0.2, 0) is 4.79 Å². The molecule has 0 aliphatic carbocycles. The van der Waals surface area contributed by atoms with E-state index in [2.05, 4.69) is 36.3 Å². The largest absolute Gasteiger partial charge is 0.352 e. The van der Waals surface area contributed by atoms with Crippen LogP contribution in [-0.4, -0.2) is 49.1 Å². The third kappa shape index (κ3) is 6.23. The lowest BCUT2D eigenvalue weighted by atomic mass is 9.96. The van der Waals surface area contributed by atoms with Crippen molar-refractivity contribution in [3.63, 3.8) is 0 Å². The molecule has 1 aliphatic heterocycles. The fourth-order valence-corrected chi connectivity index (χ4v) is 2.82. The van der Waals surface area contributed by atoms with Crippen LogP contribution in [0.1, 0.15) is 53.4 Å². The molecule has 2 unspecified atom stereocenters. The highest BCUT2D eigenvalue weighted by atomic mass is 16.2.